The van der Waals surface area contributed by atoms with Crippen LogP contribution in [0.4, 0.5) is 11.4 Å². The number of rotatable bonds is 3. The third-order valence-corrected chi connectivity index (χ3v) is 8.01. The third-order valence-electron chi connectivity index (χ3n) is 5.60. The first-order chi connectivity index (χ1) is 15.7. The maximum atomic E-state index is 13.7. The minimum absolute atomic E-state index is 0.115. The van der Waals surface area contributed by atoms with Gasteiger partial charge in [0.05, 0.1) is 15.5 Å². The Morgan fingerprint density at radius 2 is 1.82 bits per heavy atom. The molecule has 33 heavy (non-hydrogen) atoms. The molecule has 2 aromatic carbocycles. The predicted octanol–water partition coefficient (Wildman–Crippen LogP) is 5.44. The summed E-state index contributed by atoms with van der Waals surface area (Å²) >= 11 is 19.8. The largest absolute Gasteiger partial charge is 0.502 e. The first-order valence-corrected chi connectivity index (χ1v) is 11.6. The molecule has 168 valence electrons. The Hall–Kier alpha value is -2.65. The smallest absolute Gasteiger partial charge is 0.295 e. The minimum atomic E-state index is -1.69. The van der Waals surface area contributed by atoms with Gasteiger partial charge in [-0.05, 0) is 37.3 Å². The molecule has 1 spiro atoms. The molecular weight excluding hydrogens is 507 g/mol. The van der Waals surface area contributed by atoms with E-state index in [1.165, 1.54) is 9.58 Å². The van der Waals surface area contributed by atoms with E-state index in [4.69, 9.17) is 34.8 Å². The summed E-state index contributed by atoms with van der Waals surface area (Å²) in [6, 6.07) is 11.4. The summed E-state index contributed by atoms with van der Waals surface area (Å²) in [6.07, 6.45) is 0. The van der Waals surface area contributed by atoms with Crippen LogP contribution in [0.1, 0.15) is 11.3 Å². The van der Waals surface area contributed by atoms with E-state index < -0.39 is 23.1 Å². The van der Waals surface area contributed by atoms with Gasteiger partial charge in [-0.15, -0.1) is 0 Å². The maximum Gasteiger partial charge on any atom is 0.295 e. The van der Waals surface area contributed by atoms with Crippen molar-refractivity contribution in [2.45, 2.75) is 17.4 Å². The zero-order valence-electron chi connectivity index (χ0n) is 17.2. The van der Waals surface area contributed by atoms with Crippen molar-refractivity contribution in [2.75, 3.05) is 10.2 Å². The van der Waals surface area contributed by atoms with Crippen LogP contribution in [0.5, 0.6) is 0 Å². The van der Waals surface area contributed by atoms with Crippen molar-refractivity contribution >= 4 is 69.8 Å². The molecular formula is C22H15Cl3N4O3S. The molecule has 0 aliphatic carbocycles. The molecule has 2 aliphatic heterocycles. The monoisotopic (exact) mass is 520 g/mol. The van der Waals surface area contributed by atoms with Gasteiger partial charge in [0.25, 0.3) is 11.8 Å². The molecule has 1 unspecified atom stereocenters. The highest BCUT2D eigenvalue weighted by atomic mass is 35.5. The number of aliphatic hydroxyl groups excluding tert-OH is 1. The van der Waals surface area contributed by atoms with Crippen LogP contribution in [-0.2, 0) is 22.2 Å². The lowest BCUT2D eigenvalue weighted by Gasteiger charge is -2.35. The second-order valence-electron chi connectivity index (χ2n) is 7.58. The first-order valence-electron chi connectivity index (χ1n) is 9.68. The molecule has 11 heteroatoms. The highest BCUT2D eigenvalue weighted by molar-refractivity contribution is 8.03. The van der Waals surface area contributed by atoms with Gasteiger partial charge in [0.15, 0.2) is 11.3 Å². The van der Waals surface area contributed by atoms with Crippen LogP contribution in [0.3, 0.4) is 0 Å². The lowest BCUT2D eigenvalue weighted by atomic mass is 9.90. The average Bonchev–Trinajstić information content (AvgIpc) is 3.26. The zero-order valence-corrected chi connectivity index (χ0v) is 20.3. The number of nitrogens with one attached hydrogen (secondary N) is 1. The fourth-order valence-electron chi connectivity index (χ4n) is 4.22. The Morgan fingerprint density at radius 3 is 2.48 bits per heavy atom. The molecule has 0 fully saturated rings. The molecule has 3 heterocycles. The lowest BCUT2D eigenvalue weighted by Crippen LogP contribution is -2.50. The predicted molar refractivity (Wildman–Crippen MR) is 129 cm³/mol. The van der Waals surface area contributed by atoms with Gasteiger partial charge in [0.2, 0.25) is 0 Å². The van der Waals surface area contributed by atoms with Gasteiger partial charge in [0, 0.05) is 34.0 Å². The summed E-state index contributed by atoms with van der Waals surface area (Å²) in [5.74, 6) is -1.81. The number of benzene rings is 2. The van der Waals surface area contributed by atoms with Crippen molar-refractivity contribution in [1.82, 2.24) is 9.78 Å². The number of hydrogen-bond acceptors (Lipinski definition) is 5. The van der Waals surface area contributed by atoms with Gasteiger partial charge in [-0.1, -0.05) is 58.7 Å². The number of anilines is 2. The van der Waals surface area contributed by atoms with Crippen LogP contribution in [-0.4, -0.2) is 26.7 Å². The number of thioether (sulfide) groups is 1. The van der Waals surface area contributed by atoms with Gasteiger partial charge in [-0.2, -0.15) is 5.10 Å². The van der Waals surface area contributed by atoms with Crippen LogP contribution >= 0.6 is 46.6 Å². The van der Waals surface area contributed by atoms with E-state index in [0.717, 1.165) is 11.8 Å². The van der Waals surface area contributed by atoms with E-state index in [-0.39, 0.29) is 4.91 Å². The molecule has 2 aliphatic rings. The molecule has 2 N–H and O–H groups in total. The van der Waals surface area contributed by atoms with E-state index in [1.807, 2.05) is 0 Å². The fourth-order valence-corrected chi connectivity index (χ4v) is 6.10. The van der Waals surface area contributed by atoms with Gasteiger partial charge in [-0.25, -0.2) is 0 Å². The Bertz CT molecular complexity index is 1400. The lowest BCUT2D eigenvalue weighted by molar-refractivity contribution is -0.123. The van der Waals surface area contributed by atoms with Gasteiger partial charge >= 0.3 is 0 Å². The zero-order chi connectivity index (χ0) is 23.7. The second kappa shape index (κ2) is 7.70. The number of amides is 2. The highest BCUT2D eigenvalue weighted by Crippen LogP contribution is 2.57. The quantitative estimate of drug-likeness (QED) is 0.479. The van der Waals surface area contributed by atoms with E-state index in [2.05, 4.69) is 10.4 Å². The summed E-state index contributed by atoms with van der Waals surface area (Å²) in [7, 11) is 1.68. The maximum absolute atomic E-state index is 13.7. The van der Waals surface area contributed by atoms with Gasteiger partial charge < -0.3 is 10.4 Å². The van der Waals surface area contributed by atoms with E-state index in [1.54, 1.807) is 56.4 Å². The highest BCUT2D eigenvalue weighted by Gasteiger charge is 2.63. The van der Waals surface area contributed by atoms with Crippen molar-refractivity contribution in [3.63, 3.8) is 0 Å². The molecule has 1 atom stereocenters. The number of carbonyl (C=O) groups excluding carboxylic acids is 2. The van der Waals surface area contributed by atoms with Crippen LogP contribution in [0.2, 0.25) is 15.2 Å². The normalized spacial score (nSPS) is 19.6. The summed E-state index contributed by atoms with van der Waals surface area (Å²) in [6.45, 7) is 1.76. The van der Waals surface area contributed by atoms with Crippen LogP contribution in [0, 0.1) is 6.92 Å². The fraction of sp³-hybridized carbons (Fsp3) is 0.136. The van der Waals surface area contributed by atoms with E-state index in [0.29, 0.717) is 42.7 Å². The van der Waals surface area contributed by atoms with Crippen molar-refractivity contribution in [2.24, 2.45) is 7.05 Å². The molecule has 0 saturated carbocycles. The standard InChI is InChI=1S/C22H15Cl3N4O3S/c1-10-17(19(25)28(2)27-10)33-18-16(30)20(31)29(13-5-3-4-11(23)8-13)22(18)14-7-6-12(24)9-15(14)26-21(22)32/h3-9,30H,1-2H3,(H,26,32). The first kappa shape index (κ1) is 22.2. The van der Waals surface area contributed by atoms with Crippen molar-refractivity contribution in [1.29, 1.82) is 0 Å². The summed E-state index contributed by atoms with van der Waals surface area (Å²) < 4.78 is 1.48. The van der Waals surface area contributed by atoms with Crippen LogP contribution in [0.15, 0.2) is 58.0 Å². The number of aromatic nitrogens is 2. The average molecular weight is 522 g/mol. The summed E-state index contributed by atoms with van der Waals surface area (Å²) in [4.78, 5) is 29.1. The minimum Gasteiger partial charge on any atom is -0.502 e. The topological polar surface area (TPSA) is 87.5 Å². The second-order valence-corrected chi connectivity index (χ2v) is 9.84. The van der Waals surface area contributed by atoms with Gasteiger partial charge in [-0.3, -0.25) is 19.2 Å². The number of aliphatic hydroxyl groups is 1. The molecule has 5 rings (SSSR count). The molecule has 7 nitrogen and oxygen atoms in total. The Kier molecular flexibility index (Phi) is 5.17. The molecule has 0 bridgehead atoms. The Morgan fingerprint density at radius 1 is 1.09 bits per heavy atom. The third kappa shape index (κ3) is 3.09. The van der Waals surface area contributed by atoms with E-state index in [9.17, 15) is 14.7 Å². The summed E-state index contributed by atoms with van der Waals surface area (Å²) in [5, 5.41) is 19.3. The number of fused-ring (bicyclic) bond motifs is 2. The Labute approximate surface area is 207 Å². The van der Waals surface area contributed by atoms with Gasteiger partial charge in [0.1, 0.15) is 5.15 Å². The Balaban J connectivity index is 1.80. The molecule has 2 amide bonds. The number of nitrogens with zero attached hydrogens (tertiary/aromatic N) is 3. The number of hydrogen-bond donors (Lipinski definition) is 2. The molecule has 3 aromatic rings. The number of carbonyl (C=O) groups is 2. The summed E-state index contributed by atoms with van der Waals surface area (Å²) in [5.41, 5.74) is 0.152. The SMILES string of the molecule is Cc1nn(C)c(Cl)c1SC1=C(O)C(=O)N(c2cccc(Cl)c2)C12C(=O)Nc1cc(Cl)ccc12. The number of aryl methyl sites for hydroxylation is 2. The van der Waals surface area contributed by atoms with Crippen LogP contribution in [0.25, 0.3) is 0 Å². The molecule has 1 aromatic heterocycles. The van der Waals surface area contributed by atoms with Crippen molar-refractivity contribution in [3.05, 3.63) is 79.6 Å². The molecule has 0 radical (unpaired) electrons. The molecule has 0 saturated heterocycles. The van der Waals surface area contributed by atoms with Crippen molar-refractivity contribution in [3.8, 4) is 0 Å². The van der Waals surface area contributed by atoms with Crippen molar-refractivity contribution < 1.29 is 14.7 Å². The number of halogens is 3. The van der Waals surface area contributed by atoms with E-state index >= 15 is 0 Å². The van der Waals surface area contributed by atoms with Crippen LogP contribution < -0.4 is 10.2 Å².